The van der Waals surface area contributed by atoms with E-state index >= 15 is 0 Å². The summed E-state index contributed by atoms with van der Waals surface area (Å²) in [7, 11) is 0. The van der Waals surface area contributed by atoms with Gasteiger partial charge in [0.25, 0.3) is 5.91 Å². The molecule has 1 aromatic carbocycles. The minimum Gasteiger partial charge on any atom is -0.393 e. The molecule has 1 fully saturated rings. The van der Waals surface area contributed by atoms with Crippen LogP contribution in [-0.4, -0.2) is 48.2 Å². The van der Waals surface area contributed by atoms with Gasteiger partial charge >= 0.3 is 0 Å². The Bertz CT molecular complexity index is 675. The molecule has 0 aliphatic carbocycles. The fourth-order valence-corrected chi connectivity index (χ4v) is 4.24. The average molecular weight is 332 g/mol. The van der Waals surface area contributed by atoms with Gasteiger partial charge in [0.15, 0.2) is 0 Å². The lowest BCUT2D eigenvalue weighted by atomic mass is 10.1. The second kappa shape index (κ2) is 7.43. The maximum Gasteiger partial charge on any atom is 0.261 e. The van der Waals surface area contributed by atoms with Gasteiger partial charge in [-0.15, -0.1) is 11.3 Å². The summed E-state index contributed by atoms with van der Waals surface area (Å²) < 4.78 is 1.17. The van der Waals surface area contributed by atoms with E-state index in [9.17, 15) is 9.90 Å². The van der Waals surface area contributed by atoms with Gasteiger partial charge < -0.3 is 15.3 Å². The SMILES string of the molecule is Cc1c(C(=O)NCCCN2CCC(O)CC2)sc2ccccc12. The van der Waals surface area contributed by atoms with Crippen LogP contribution in [0.1, 0.15) is 34.5 Å². The second-order valence-corrected chi connectivity index (χ2v) is 7.29. The van der Waals surface area contributed by atoms with Crippen LogP contribution >= 0.6 is 11.3 Å². The summed E-state index contributed by atoms with van der Waals surface area (Å²) in [5.41, 5.74) is 1.08. The molecule has 0 radical (unpaired) electrons. The van der Waals surface area contributed by atoms with Crippen LogP contribution in [0.4, 0.5) is 0 Å². The van der Waals surface area contributed by atoms with Crippen LogP contribution in [0.25, 0.3) is 10.1 Å². The van der Waals surface area contributed by atoms with Gasteiger partial charge in [0.05, 0.1) is 11.0 Å². The Kier molecular flexibility index (Phi) is 5.30. The highest BCUT2D eigenvalue weighted by Crippen LogP contribution is 2.30. The molecule has 1 amide bonds. The van der Waals surface area contributed by atoms with Gasteiger partial charge in [-0.25, -0.2) is 0 Å². The first kappa shape index (κ1) is 16.4. The monoisotopic (exact) mass is 332 g/mol. The van der Waals surface area contributed by atoms with Crippen LogP contribution in [0.2, 0.25) is 0 Å². The van der Waals surface area contributed by atoms with Crippen molar-refractivity contribution in [2.75, 3.05) is 26.2 Å². The molecule has 3 rings (SSSR count). The first-order valence-electron chi connectivity index (χ1n) is 8.32. The molecule has 0 spiro atoms. The average Bonchev–Trinajstić information content (AvgIpc) is 2.90. The second-order valence-electron chi connectivity index (χ2n) is 6.23. The number of amides is 1. The van der Waals surface area contributed by atoms with Crippen LogP contribution in [0.5, 0.6) is 0 Å². The van der Waals surface area contributed by atoms with Gasteiger partial charge in [0, 0.05) is 24.3 Å². The molecule has 4 nitrogen and oxygen atoms in total. The number of carbonyl (C=O) groups excluding carboxylic acids is 1. The number of nitrogens with one attached hydrogen (secondary N) is 1. The number of hydrogen-bond donors (Lipinski definition) is 2. The Labute approximate surface area is 141 Å². The van der Waals surface area contributed by atoms with Crippen molar-refractivity contribution in [3.8, 4) is 0 Å². The zero-order valence-electron chi connectivity index (χ0n) is 13.5. The van der Waals surface area contributed by atoms with Crippen molar-refractivity contribution in [2.45, 2.75) is 32.3 Å². The maximum atomic E-state index is 12.4. The molecule has 0 unspecified atom stereocenters. The van der Waals surface area contributed by atoms with Gasteiger partial charge in [-0.3, -0.25) is 4.79 Å². The number of aliphatic hydroxyl groups excluding tert-OH is 1. The molecule has 1 aromatic heterocycles. The lowest BCUT2D eigenvalue weighted by Crippen LogP contribution is -2.37. The molecule has 23 heavy (non-hydrogen) atoms. The van der Waals surface area contributed by atoms with Crippen LogP contribution in [0.15, 0.2) is 24.3 Å². The Morgan fingerprint density at radius 1 is 1.35 bits per heavy atom. The molecule has 2 aromatic rings. The highest BCUT2D eigenvalue weighted by atomic mass is 32.1. The van der Waals surface area contributed by atoms with E-state index in [1.165, 1.54) is 10.1 Å². The molecule has 1 saturated heterocycles. The van der Waals surface area contributed by atoms with Gasteiger partial charge in [-0.2, -0.15) is 0 Å². The Morgan fingerprint density at radius 2 is 2.09 bits per heavy atom. The molecule has 2 N–H and O–H groups in total. The van der Waals surface area contributed by atoms with E-state index in [0.717, 1.165) is 49.3 Å². The molecule has 0 bridgehead atoms. The van der Waals surface area contributed by atoms with E-state index in [-0.39, 0.29) is 12.0 Å². The molecule has 1 aliphatic rings. The third kappa shape index (κ3) is 3.91. The minimum atomic E-state index is -0.123. The number of benzene rings is 1. The molecule has 0 atom stereocenters. The van der Waals surface area contributed by atoms with Crippen LogP contribution in [-0.2, 0) is 0 Å². The number of rotatable bonds is 5. The number of aryl methyl sites for hydroxylation is 1. The van der Waals surface area contributed by atoms with Crippen LogP contribution < -0.4 is 5.32 Å². The normalized spacial score (nSPS) is 16.8. The van der Waals surface area contributed by atoms with E-state index in [4.69, 9.17) is 0 Å². The van der Waals surface area contributed by atoms with E-state index in [1.54, 1.807) is 11.3 Å². The summed E-state index contributed by atoms with van der Waals surface area (Å²) in [6.07, 6.45) is 2.56. The number of aliphatic hydroxyl groups is 1. The van der Waals surface area contributed by atoms with E-state index < -0.39 is 0 Å². The smallest absolute Gasteiger partial charge is 0.261 e. The van der Waals surface area contributed by atoms with Crippen LogP contribution in [0.3, 0.4) is 0 Å². The van der Waals surface area contributed by atoms with E-state index in [2.05, 4.69) is 22.3 Å². The van der Waals surface area contributed by atoms with Crippen molar-refractivity contribution >= 4 is 27.3 Å². The van der Waals surface area contributed by atoms with Crippen molar-refractivity contribution in [2.24, 2.45) is 0 Å². The number of hydrogen-bond acceptors (Lipinski definition) is 4. The fourth-order valence-electron chi connectivity index (χ4n) is 3.12. The van der Waals surface area contributed by atoms with E-state index in [0.29, 0.717) is 6.54 Å². The summed E-state index contributed by atoms with van der Waals surface area (Å²) >= 11 is 1.57. The molecule has 5 heteroatoms. The summed E-state index contributed by atoms with van der Waals surface area (Å²) in [5.74, 6) is 0.0396. The number of fused-ring (bicyclic) bond motifs is 1. The summed E-state index contributed by atoms with van der Waals surface area (Å²) in [6, 6.07) is 8.16. The van der Waals surface area contributed by atoms with Crippen molar-refractivity contribution in [1.82, 2.24) is 10.2 Å². The van der Waals surface area contributed by atoms with E-state index in [1.807, 2.05) is 19.1 Å². The molecular formula is C18H24N2O2S. The zero-order chi connectivity index (χ0) is 16.2. The fraction of sp³-hybridized carbons (Fsp3) is 0.500. The van der Waals surface area contributed by atoms with Crippen molar-refractivity contribution < 1.29 is 9.90 Å². The lowest BCUT2D eigenvalue weighted by Gasteiger charge is -2.29. The summed E-state index contributed by atoms with van der Waals surface area (Å²) in [5, 5.41) is 13.7. The first-order chi connectivity index (χ1) is 11.1. The number of carbonyl (C=O) groups is 1. The third-order valence-corrected chi connectivity index (χ3v) is 5.82. The number of likely N-dealkylation sites (tertiary alicyclic amines) is 1. The standard InChI is InChI=1S/C18H24N2O2S/c1-13-15-5-2-3-6-16(15)23-17(13)18(22)19-9-4-10-20-11-7-14(21)8-12-20/h2-3,5-6,14,21H,4,7-12H2,1H3,(H,19,22). The predicted octanol–water partition coefficient (Wildman–Crippen LogP) is 2.79. The molecule has 1 aliphatic heterocycles. The molecular weight excluding hydrogens is 308 g/mol. The largest absolute Gasteiger partial charge is 0.393 e. The first-order valence-corrected chi connectivity index (χ1v) is 9.13. The summed E-state index contributed by atoms with van der Waals surface area (Å²) in [4.78, 5) is 15.6. The third-order valence-electron chi connectivity index (χ3n) is 4.54. The molecule has 124 valence electrons. The molecule has 0 saturated carbocycles. The highest BCUT2D eigenvalue weighted by Gasteiger charge is 2.17. The lowest BCUT2D eigenvalue weighted by molar-refractivity contribution is 0.0816. The van der Waals surface area contributed by atoms with Gasteiger partial charge in [0.2, 0.25) is 0 Å². The number of piperidine rings is 1. The molecule has 2 heterocycles. The highest BCUT2D eigenvalue weighted by molar-refractivity contribution is 7.21. The zero-order valence-corrected chi connectivity index (χ0v) is 14.4. The van der Waals surface area contributed by atoms with Gasteiger partial charge in [-0.05, 0) is 49.7 Å². The van der Waals surface area contributed by atoms with Gasteiger partial charge in [0.1, 0.15) is 0 Å². The maximum absolute atomic E-state index is 12.4. The van der Waals surface area contributed by atoms with Crippen LogP contribution in [0, 0.1) is 6.92 Å². The Balaban J connectivity index is 1.48. The Morgan fingerprint density at radius 3 is 2.83 bits per heavy atom. The topological polar surface area (TPSA) is 52.6 Å². The summed E-state index contributed by atoms with van der Waals surface area (Å²) in [6.45, 7) is 5.63. The number of thiophene rings is 1. The predicted molar refractivity (Wildman–Crippen MR) is 95.2 cm³/mol. The van der Waals surface area contributed by atoms with Crippen molar-refractivity contribution in [3.05, 3.63) is 34.7 Å². The Hall–Kier alpha value is -1.43. The number of nitrogens with zero attached hydrogens (tertiary/aromatic N) is 1. The van der Waals surface area contributed by atoms with Crippen molar-refractivity contribution in [1.29, 1.82) is 0 Å². The van der Waals surface area contributed by atoms with Gasteiger partial charge in [-0.1, -0.05) is 18.2 Å². The quantitative estimate of drug-likeness (QED) is 0.828. The minimum absolute atomic E-state index is 0.0396. The van der Waals surface area contributed by atoms with Crippen molar-refractivity contribution in [3.63, 3.8) is 0 Å².